The van der Waals surface area contributed by atoms with Crippen molar-refractivity contribution in [2.75, 3.05) is 5.32 Å². The SMILES string of the molecule is CCCc1ccc(NC(=O)Cn2c(-c3cscn3)nc3ccccc32)cc1. The molecular weight excluding hydrogens is 356 g/mol. The number of nitrogens with one attached hydrogen (secondary N) is 1. The lowest BCUT2D eigenvalue weighted by atomic mass is 10.1. The third kappa shape index (κ3) is 3.75. The molecule has 1 amide bonds. The maximum Gasteiger partial charge on any atom is 0.244 e. The van der Waals surface area contributed by atoms with Crippen LogP contribution in [0.1, 0.15) is 18.9 Å². The van der Waals surface area contributed by atoms with Crippen molar-refractivity contribution in [2.24, 2.45) is 0 Å². The number of rotatable bonds is 6. The molecule has 0 atom stereocenters. The normalized spacial score (nSPS) is 11.0. The number of hydrogen-bond donors (Lipinski definition) is 1. The predicted molar refractivity (Wildman–Crippen MR) is 110 cm³/mol. The van der Waals surface area contributed by atoms with Crippen LogP contribution in [0, 0.1) is 0 Å². The van der Waals surface area contributed by atoms with Gasteiger partial charge in [0.25, 0.3) is 0 Å². The molecule has 0 fully saturated rings. The van der Waals surface area contributed by atoms with E-state index in [1.807, 2.05) is 46.3 Å². The number of nitrogens with zero attached hydrogens (tertiary/aromatic N) is 3. The molecule has 1 N–H and O–H groups in total. The van der Waals surface area contributed by atoms with E-state index < -0.39 is 0 Å². The number of fused-ring (bicyclic) bond motifs is 1. The summed E-state index contributed by atoms with van der Waals surface area (Å²) in [5.41, 5.74) is 6.43. The number of carbonyl (C=O) groups excluding carboxylic acids is 1. The highest BCUT2D eigenvalue weighted by atomic mass is 32.1. The molecule has 5 nitrogen and oxygen atoms in total. The second-order valence-corrected chi connectivity index (χ2v) is 7.10. The quantitative estimate of drug-likeness (QED) is 0.528. The van der Waals surface area contributed by atoms with Crippen molar-refractivity contribution >= 4 is 34.0 Å². The minimum Gasteiger partial charge on any atom is -0.325 e. The summed E-state index contributed by atoms with van der Waals surface area (Å²) in [5.74, 6) is 0.628. The Morgan fingerprint density at radius 1 is 1.15 bits per heavy atom. The van der Waals surface area contributed by atoms with Crippen molar-refractivity contribution in [2.45, 2.75) is 26.3 Å². The van der Waals surface area contributed by atoms with Crippen LogP contribution in [0.4, 0.5) is 5.69 Å². The molecule has 2 aromatic carbocycles. The lowest BCUT2D eigenvalue weighted by molar-refractivity contribution is -0.116. The summed E-state index contributed by atoms with van der Waals surface area (Å²) in [6, 6.07) is 15.9. The Kier molecular flexibility index (Phi) is 4.98. The Balaban J connectivity index is 1.59. The van der Waals surface area contributed by atoms with E-state index >= 15 is 0 Å². The minimum atomic E-state index is -0.0853. The monoisotopic (exact) mass is 376 g/mol. The molecule has 0 radical (unpaired) electrons. The smallest absolute Gasteiger partial charge is 0.244 e. The Hall–Kier alpha value is -2.99. The molecule has 2 heterocycles. The van der Waals surface area contributed by atoms with Crippen molar-refractivity contribution in [3.63, 3.8) is 0 Å². The summed E-state index contributed by atoms with van der Waals surface area (Å²) < 4.78 is 1.92. The van der Waals surface area contributed by atoms with Crippen molar-refractivity contribution < 1.29 is 4.79 Å². The van der Waals surface area contributed by atoms with E-state index in [9.17, 15) is 4.79 Å². The number of benzene rings is 2. The Morgan fingerprint density at radius 3 is 2.70 bits per heavy atom. The number of aryl methyl sites for hydroxylation is 1. The van der Waals surface area contributed by atoms with Gasteiger partial charge in [-0.1, -0.05) is 37.6 Å². The molecule has 0 bridgehead atoms. The fourth-order valence-electron chi connectivity index (χ4n) is 3.14. The third-order valence-electron chi connectivity index (χ3n) is 4.39. The van der Waals surface area contributed by atoms with Gasteiger partial charge in [0.1, 0.15) is 12.2 Å². The zero-order chi connectivity index (χ0) is 18.6. The van der Waals surface area contributed by atoms with Crippen LogP contribution in [0.25, 0.3) is 22.6 Å². The van der Waals surface area contributed by atoms with E-state index in [1.54, 1.807) is 5.51 Å². The van der Waals surface area contributed by atoms with Gasteiger partial charge < -0.3 is 9.88 Å². The van der Waals surface area contributed by atoms with Crippen LogP contribution in [0.3, 0.4) is 0 Å². The molecule has 6 heteroatoms. The topological polar surface area (TPSA) is 59.8 Å². The molecular formula is C21H20N4OS. The highest BCUT2D eigenvalue weighted by Gasteiger charge is 2.16. The first-order valence-electron chi connectivity index (χ1n) is 8.97. The number of amides is 1. The molecule has 0 aliphatic rings. The van der Waals surface area contributed by atoms with Gasteiger partial charge in [0, 0.05) is 11.1 Å². The zero-order valence-corrected chi connectivity index (χ0v) is 15.9. The van der Waals surface area contributed by atoms with Crippen LogP contribution in [0.2, 0.25) is 0 Å². The summed E-state index contributed by atoms with van der Waals surface area (Å²) in [6.45, 7) is 2.34. The van der Waals surface area contributed by atoms with Crippen LogP contribution in [-0.4, -0.2) is 20.4 Å². The average molecular weight is 376 g/mol. The van der Waals surface area contributed by atoms with E-state index in [0.717, 1.165) is 35.3 Å². The van der Waals surface area contributed by atoms with Gasteiger partial charge in [-0.2, -0.15) is 0 Å². The van der Waals surface area contributed by atoms with Crippen molar-refractivity contribution in [1.29, 1.82) is 0 Å². The predicted octanol–water partition coefficient (Wildman–Crippen LogP) is 4.75. The summed E-state index contributed by atoms with van der Waals surface area (Å²) in [4.78, 5) is 21.7. The minimum absolute atomic E-state index is 0.0853. The second-order valence-electron chi connectivity index (χ2n) is 6.38. The molecule has 0 unspecified atom stereocenters. The van der Waals surface area contributed by atoms with E-state index in [0.29, 0.717) is 5.82 Å². The van der Waals surface area contributed by atoms with Crippen molar-refractivity contribution in [3.05, 3.63) is 65.0 Å². The van der Waals surface area contributed by atoms with Crippen molar-refractivity contribution in [1.82, 2.24) is 14.5 Å². The highest BCUT2D eigenvalue weighted by Crippen LogP contribution is 2.24. The van der Waals surface area contributed by atoms with Crippen LogP contribution in [0.5, 0.6) is 0 Å². The average Bonchev–Trinajstić information content (AvgIpc) is 3.32. The number of hydrogen-bond acceptors (Lipinski definition) is 4. The molecule has 27 heavy (non-hydrogen) atoms. The van der Waals surface area contributed by atoms with Gasteiger partial charge in [0.2, 0.25) is 5.91 Å². The number of carbonyl (C=O) groups is 1. The Bertz CT molecular complexity index is 1050. The van der Waals surface area contributed by atoms with Gasteiger partial charge in [0.15, 0.2) is 5.82 Å². The van der Waals surface area contributed by atoms with Crippen LogP contribution in [-0.2, 0) is 17.8 Å². The lowest BCUT2D eigenvalue weighted by Gasteiger charge is -2.10. The fraction of sp³-hybridized carbons (Fsp3) is 0.190. The largest absolute Gasteiger partial charge is 0.325 e. The third-order valence-corrected chi connectivity index (χ3v) is 4.98. The maximum atomic E-state index is 12.7. The zero-order valence-electron chi connectivity index (χ0n) is 15.1. The van der Waals surface area contributed by atoms with Gasteiger partial charge >= 0.3 is 0 Å². The first-order valence-corrected chi connectivity index (χ1v) is 9.91. The standard InChI is InChI=1S/C21H20N4OS/c1-2-5-15-8-10-16(11-9-15)23-20(26)12-25-19-7-4-3-6-17(19)24-21(25)18-13-27-14-22-18/h3-4,6-11,13-14H,2,5,12H2,1H3,(H,23,26). The van der Waals surface area contributed by atoms with Gasteiger partial charge in [-0.15, -0.1) is 11.3 Å². The maximum absolute atomic E-state index is 12.7. The molecule has 0 spiro atoms. The molecule has 4 rings (SSSR count). The van der Waals surface area contributed by atoms with E-state index in [2.05, 4.69) is 34.3 Å². The van der Waals surface area contributed by atoms with Crippen LogP contribution < -0.4 is 5.32 Å². The highest BCUT2D eigenvalue weighted by molar-refractivity contribution is 7.07. The number of anilines is 1. The van der Waals surface area contributed by atoms with E-state index in [1.165, 1.54) is 16.9 Å². The molecule has 0 saturated carbocycles. The van der Waals surface area contributed by atoms with Crippen LogP contribution >= 0.6 is 11.3 Å². The van der Waals surface area contributed by atoms with E-state index in [4.69, 9.17) is 0 Å². The van der Waals surface area contributed by atoms with Gasteiger partial charge in [0.05, 0.1) is 16.5 Å². The molecule has 0 aliphatic carbocycles. The Morgan fingerprint density at radius 2 is 1.96 bits per heavy atom. The number of aromatic nitrogens is 3. The lowest BCUT2D eigenvalue weighted by Crippen LogP contribution is -2.19. The van der Waals surface area contributed by atoms with Crippen molar-refractivity contribution in [3.8, 4) is 11.5 Å². The first-order chi connectivity index (χ1) is 13.2. The summed E-state index contributed by atoms with van der Waals surface area (Å²) in [5, 5.41) is 4.93. The number of para-hydroxylation sites is 2. The molecule has 0 saturated heterocycles. The number of imidazole rings is 1. The van der Waals surface area contributed by atoms with E-state index in [-0.39, 0.29) is 12.5 Å². The molecule has 0 aliphatic heterocycles. The molecule has 2 aromatic heterocycles. The summed E-state index contributed by atoms with van der Waals surface area (Å²) in [6.07, 6.45) is 2.16. The molecule has 4 aromatic rings. The van der Waals surface area contributed by atoms with Crippen LogP contribution in [0.15, 0.2) is 59.4 Å². The molecule has 136 valence electrons. The van der Waals surface area contributed by atoms with Gasteiger partial charge in [-0.05, 0) is 36.2 Å². The second kappa shape index (κ2) is 7.72. The first kappa shape index (κ1) is 17.4. The van der Waals surface area contributed by atoms with Gasteiger partial charge in [-0.3, -0.25) is 4.79 Å². The Labute approximate surface area is 161 Å². The number of thiazole rings is 1. The fourth-order valence-corrected chi connectivity index (χ4v) is 3.67. The summed E-state index contributed by atoms with van der Waals surface area (Å²) >= 11 is 1.51. The summed E-state index contributed by atoms with van der Waals surface area (Å²) in [7, 11) is 0. The van der Waals surface area contributed by atoms with Gasteiger partial charge in [-0.25, -0.2) is 9.97 Å².